The molecule has 152 valence electrons. The number of primary amides is 1. The smallest absolute Gasteiger partial charge is 0.290 e. The van der Waals surface area contributed by atoms with Gasteiger partial charge in [0.2, 0.25) is 5.91 Å². The summed E-state index contributed by atoms with van der Waals surface area (Å²) in [5.74, 6) is 0.748. The number of nitrogens with two attached hydrogens (primary N) is 1. The van der Waals surface area contributed by atoms with E-state index in [4.69, 9.17) is 20.6 Å². The Hall–Kier alpha value is -2.67. The van der Waals surface area contributed by atoms with Gasteiger partial charge in [-0.25, -0.2) is 4.98 Å². The van der Waals surface area contributed by atoms with E-state index in [1.54, 1.807) is 0 Å². The van der Waals surface area contributed by atoms with Crippen molar-refractivity contribution in [3.63, 3.8) is 0 Å². The summed E-state index contributed by atoms with van der Waals surface area (Å²) in [6, 6.07) is 6.42. The third-order valence-corrected chi connectivity index (χ3v) is 5.35. The zero-order valence-corrected chi connectivity index (χ0v) is 16.9. The van der Waals surface area contributed by atoms with Crippen molar-refractivity contribution in [3.8, 4) is 0 Å². The van der Waals surface area contributed by atoms with E-state index in [1.165, 1.54) is 22.1 Å². The first-order valence-corrected chi connectivity index (χ1v) is 9.58. The molecule has 0 saturated carbocycles. The van der Waals surface area contributed by atoms with Crippen LogP contribution < -0.4 is 11.1 Å². The van der Waals surface area contributed by atoms with E-state index >= 15 is 0 Å². The quantitative estimate of drug-likeness (QED) is 0.681. The number of anilines is 1. The van der Waals surface area contributed by atoms with Crippen LogP contribution in [0.2, 0.25) is 0 Å². The van der Waals surface area contributed by atoms with E-state index in [2.05, 4.69) is 49.2 Å². The van der Waals surface area contributed by atoms with Gasteiger partial charge < -0.3 is 21.1 Å². The monoisotopic (exact) mass is 386 g/mol. The molecular formula is C21H30N4O3. The van der Waals surface area contributed by atoms with Crippen LogP contribution in [0.15, 0.2) is 18.2 Å². The zero-order chi connectivity index (χ0) is 20.7. The molecule has 1 unspecified atom stereocenters. The van der Waals surface area contributed by atoms with Gasteiger partial charge in [-0.2, -0.15) is 0 Å². The van der Waals surface area contributed by atoms with Crippen molar-refractivity contribution in [3.05, 3.63) is 34.9 Å². The summed E-state index contributed by atoms with van der Waals surface area (Å²) in [7, 11) is 0. The molecule has 0 bridgehead atoms. The molecule has 3 rings (SSSR count). The summed E-state index contributed by atoms with van der Waals surface area (Å²) in [4.78, 5) is 26.9. The Morgan fingerprint density at radius 1 is 1.36 bits per heavy atom. The lowest BCUT2D eigenvalue weighted by Gasteiger charge is -2.31. The van der Waals surface area contributed by atoms with Crippen molar-refractivity contribution in [2.24, 2.45) is 11.7 Å². The number of pyridine rings is 1. The second-order valence-electron chi connectivity index (χ2n) is 7.30. The van der Waals surface area contributed by atoms with E-state index in [0.717, 1.165) is 50.4 Å². The summed E-state index contributed by atoms with van der Waals surface area (Å²) < 4.78 is 0. The molecule has 0 radical (unpaired) electrons. The molecule has 7 nitrogen and oxygen atoms in total. The molecule has 7 heteroatoms. The Labute approximate surface area is 165 Å². The molecule has 1 aliphatic rings. The predicted molar refractivity (Wildman–Crippen MR) is 111 cm³/mol. The molecule has 4 N–H and O–H groups in total. The average Bonchev–Trinajstić information content (AvgIpc) is 2.66. The van der Waals surface area contributed by atoms with Gasteiger partial charge in [-0.05, 0) is 62.9 Å². The Morgan fingerprint density at radius 2 is 2.07 bits per heavy atom. The molecule has 1 atom stereocenters. The Kier molecular flexibility index (Phi) is 7.75. The normalized spacial score (nSPS) is 16.9. The first-order chi connectivity index (χ1) is 13.4. The number of piperidine rings is 1. The number of rotatable bonds is 5. The average molecular weight is 386 g/mol. The number of benzene rings is 1. The first kappa shape index (κ1) is 21.6. The summed E-state index contributed by atoms with van der Waals surface area (Å²) in [6.07, 6.45) is 1.96. The van der Waals surface area contributed by atoms with Gasteiger partial charge in [0.25, 0.3) is 6.47 Å². The third kappa shape index (κ3) is 5.42. The van der Waals surface area contributed by atoms with E-state index in [-0.39, 0.29) is 18.3 Å². The van der Waals surface area contributed by atoms with Crippen LogP contribution in [-0.4, -0.2) is 53.5 Å². The Morgan fingerprint density at radius 3 is 2.75 bits per heavy atom. The number of carbonyl (C=O) groups excluding carboxylic acids is 1. The number of aromatic nitrogens is 1. The number of nitrogens with one attached hydrogen (secondary N) is 1. The molecule has 1 aliphatic heterocycles. The summed E-state index contributed by atoms with van der Waals surface area (Å²) in [5, 5.41) is 11.6. The van der Waals surface area contributed by atoms with Crippen LogP contribution in [0, 0.1) is 26.7 Å². The van der Waals surface area contributed by atoms with Crippen LogP contribution in [-0.2, 0) is 9.59 Å². The molecule has 1 amide bonds. The fourth-order valence-electron chi connectivity index (χ4n) is 3.62. The van der Waals surface area contributed by atoms with Gasteiger partial charge in [0.15, 0.2) is 0 Å². The molecule has 0 aliphatic carbocycles. The SMILES string of the molecule is Cc1ccc2c(C)cc(NCCN3CCCC(C(N)=O)C3)nc2c1C.O=CO. The lowest BCUT2D eigenvalue weighted by Crippen LogP contribution is -2.42. The van der Waals surface area contributed by atoms with Crippen molar-refractivity contribution in [1.82, 2.24) is 9.88 Å². The lowest BCUT2D eigenvalue weighted by molar-refractivity contribution is -0.124. The fraction of sp³-hybridized carbons (Fsp3) is 0.476. The van der Waals surface area contributed by atoms with E-state index in [9.17, 15) is 4.79 Å². The molecule has 2 heterocycles. The maximum Gasteiger partial charge on any atom is 0.290 e. The molecule has 1 aromatic carbocycles. The van der Waals surface area contributed by atoms with Crippen LogP contribution in [0.25, 0.3) is 10.9 Å². The maximum atomic E-state index is 11.4. The fourth-order valence-corrected chi connectivity index (χ4v) is 3.62. The Balaban J connectivity index is 0.000000878. The van der Waals surface area contributed by atoms with Crippen LogP contribution in [0.1, 0.15) is 29.5 Å². The number of nitrogens with zero attached hydrogens (tertiary/aromatic N) is 2. The van der Waals surface area contributed by atoms with Gasteiger partial charge in [0, 0.05) is 25.0 Å². The van der Waals surface area contributed by atoms with Crippen LogP contribution in [0.5, 0.6) is 0 Å². The number of likely N-dealkylation sites (tertiary alicyclic amines) is 1. The summed E-state index contributed by atoms with van der Waals surface area (Å²) >= 11 is 0. The number of aryl methyl sites for hydroxylation is 3. The number of hydrogen-bond donors (Lipinski definition) is 3. The predicted octanol–water partition coefficient (Wildman–Crippen LogP) is 2.47. The maximum absolute atomic E-state index is 11.4. The number of fused-ring (bicyclic) bond motifs is 1. The highest BCUT2D eigenvalue weighted by atomic mass is 16.3. The van der Waals surface area contributed by atoms with Gasteiger partial charge in [-0.3, -0.25) is 9.59 Å². The van der Waals surface area contributed by atoms with E-state index < -0.39 is 0 Å². The van der Waals surface area contributed by atoms with Crippen molar-refractivity contribution in [2.75, 3.05) is 31.5 Å². The van der Waals surface area contributed by atoms with Crippen LogP contribution >= 0.6 is 0 Å². The highest BCUT2D eigenvalue weighted by Gasteiger charge is 2.23. The number of carbonyl (C=O) groups is 2. The van der Waals surface area contributed by atoms with Gasteiger partial charge in [0.05, 0.1) is 11.4 Å². The number of amides is 1. The molecule has 0 spiro atoms. The third-order valence-electron chi connectivity index (χ3n) is 5.35. The minimum Gasteiger partial charge on any atom is -0.483 e. The van der Waals surface area contributed by atoms with Crippen molar-refractivity contribution >= 4 is 29.1 Å². The van der Waals surface area contributed by atoms with Gasteiger partial charge >= 0.3 is 0 Å². The molecule has 2 aromatic rings. The van der Waals surface area contributed by atoms with Crippen LogP contribution in [0.3, 0.4) is 0 Å². The van der Waals surface area contributed by atoms with Gasteiger partial charge in [0.1, 0.15) is 5.82 Å². The van der Waals surface area contributed by atoms with E-state index in [1.807, 2.05) is 0 Å². The van der Waals surface area contributed by atoms with Gasteiger partial charge in [-0.15, -0.1) is 0 Å². The molecule has 1 fully saturated rings. The highest BCUT2D eigenvalue weighted by molar-refractivity contribution is 5.87. The first-order valence-electron chi connectivity index (χ1n) is 9.58. The second kappa shape index (κ2) is 10.0. The van der Waals surface area contributed by atoms with Crippen molar-refractivity contribution in [2.45, 2.75) is 33.6 Å². The number of hydrogen-bond acceptors (Lipinski definition) is 5. The van der Waals surface area contributed by atoms with Crippen molar-refractivity contribution in [1.29, 1.82) is 0 Å². The summed E-state index contributed by atoms with van der Waals surface area (Å²) in [5.41, 5.74) is 10.3. The highest BCUT2D eigenvalue weighted by Crippen LogP contribution is 2.25. The molecule has 1 saturated heterocycles. The number of carboxylic acid groups (broad SMARTS) is 1. The van der Waals surface area contributed by atoms with Crippen LogP contribution in [0.4, 0.5) is 5.82 Å². The van der Waals surface area contributed by atoms with Gasteiger partial charge in [-0.1, -0.05) is 12.1 Å². The zero-order valence-electron chi connectivity index (χ0n) is 16.9. The topological polar surface area (TPSA) is 109 Å². The van der Waals surface area contributed by atoms with E-state index in [0.29, 0.717) is 0 Å². The second-order valence-corrected chi connectivity index (χ2v) is 7.30. The minimum atomic E-state index is -0.250. The summed E-state index contributed by atoms with van der Waals surface area (Å²) in [6.45, 7) is 9.66. The lowest BCUT2D eigenvalue weighted by atomic mass is 9.97. The van der Waals surface area contributed by atoms with Crippen molar-refractivity contribution < 1.29 is 14.7 Å². The molecular weight excluding hydrogens is 356 g/mol. The largest absolute Gasteiger partial charge is 0.483 e. The molecule has 28 heavy (non-hydrogen) atoms. The standard InChI is InChI=1S/C20H28N4O.CH2O2/c1-13-6-7-17-14(2)11-18(23-19(17)15(13)3)22-8-10-24-9-4-5-16(12-24)20(21)25;2-1-3/h6-7,11,16H,4-5,8-10,12H2,1-3H3,(H2,21,25)(H,22,23);1H,(H,2,3). The molecule has 1 aromatic heterocycles. The minimum absolute atomic E-state index is 0.000383. The Bertz CT molecular complexity index is 838.